The second-order valence-electron chi connectivity index (χ2n) is 8.58. The summed E-state index contributed by atoms with van der Waals surface area (Å²) in [5.74, 6) is 0.680. The molecule has 2 aromatic rings. The van der Waals surface area contributed by atoms with E-state index in [-0.39, 0.29) is 5.54 Å². The molecule has 0 unspecified atom stereocenters. The lowest BCUT2D eigenvalue weighted by Crippen LogP contribution is -2.43. The number of anilines is 1. The van der Waals surface area contributed by atoms with Gasteiger partial charge in [0, 0.05) is 41.9 Å². The van der Waals surface area contributed by atoms with Crippen molar-refractivity contribution in [2.45, 2.75) is 52.6 Å². The molecule has 0 atom stereocenters. The molecule has 0 saturated heterocycles. The summed E-state index contributed by atoms with van der Waals surface area (Å²) in [7, 11) is 0. The van der Waals surface area contributed by atoms with Crippen molar-refractivity contribution in [1.29, 1.82) is 0 Å². The van der Waals surface area contributed by atoms with Gasteiger partial charge in [0.1, 0.15) is 0 Å². The number of pyridine rings is 1. The molecule has 25 heavy (non-hydrogen) atoms. The van der Waals surface area contributed by atoms with Gasteiger partial charge in [0.2, 0.25) is 5.69 Å². The van der Waals surface area contributed by atoms with Crippen molar-refractivity contribution in [3.63, 3.8) is 0 Å². The molecule has 1 aromatic carbocycles. The molecule has 0 aliphatic carbocycles. The summed E-state index contributed by atoms with van der Waals surface area (Å²) in [5.41, 5.74) is 7.31. The van der Waals surface area contributed by atoms with Gasteiger partial charge in [0.15, 0.2) is 12.7 Å². The molecular formula is C23H29N2+. The highest BCUT2D eigenvalue weighted by molar-refractivity contribution is 5.80. The van der Waals surface area contributed by atoms with E-state index >= 15 is 0 Å². The van der Waals surface area contributed by atoms with E-state index < -0.39 is 0 Å². The monoisotopic (exact) mass is 333 g/mol. The van der Waals surface area contributed by atoms with Crippen LogP contribution in [0.2, 0.25) is 0 Å². The van der Waals surface area contributed by atoms with Gasteiger partial charge in [-0.1, -0.05) is 19.9 Å². The molecule has 0 fully saturated rings. The molecule has 2 nitrogen and oxygen atoms in total. The molecule has 2 aliphatic rings. The first kappa shape index (κ1) is 16.4. The van der Waals surface area contributed by atoms with Crippen molar-refractivity contribution in [1.82, 2.24) is 0 Å². The number of allylic oxidation sites excluding steroid dienone is 1. The molecule has 0 radical (unpaired) electrons. The third-order valence-corrected chi connectivity index (χ3v) is 5.53. The molecule has 0 spiro atoms. The van der Waals surface area contributed by atoms with Gasteiger partial charge in [0.25, 0.3) is 0 Å². The van der Waals surface area contributed by atoms with Gasteiger partial charge in [-0.2, -0.15) is 4.57 Å². The van der Waals surface area contributed by atoms with Crippen molar-refractivity contribution >= 4 is 17.3 Å². The fourth-order valence-electron chi connectivity index (χ4n) is 4.38. The molecule has 0 N–H and O–H groups in total. The van der Waals surface area contributed by atoms with Gasteiger partial charge in [-0.25, -0.2) is 0 Å². The molecule has 1 aromatic heterocycles. The van der Waals surface area contributed by atoms with Gasteiger partial charge >= 0.3 is 0 Å². The quantitative estimate of drug-likeness (QED) is 0.738. The Labute approximate surface area is 151 Å². The summed E-state index contributed by atoms with van der Waals surface area (Å²) in [6.45, 7) is 11.6. The molecule has 2 aliphatic heterocycles. The van der Waals surface area contributed by atoms with Crippen molar-refractivity contribution in [2.75, 3.05) is 11.4 Å². The average molecular weight is 333 g/mol. The highest BCUT2D eigenvalue weighted by atomic mass is 15.2. The topological polar surface area (TPSA) is 7.12 Å². The highest BCUT2D eigenvalue weighted by Gasteiger charge is 2.36. The Hall–Kier alpha value is -2.09. The Morgan fingerprint density at radius 2 is 2.04 bits per heavy atom. The molecule has 0 saturated carbocycles. The van der Waals surface area contributed by atoms with E-state index in [1.54, 1.807) is 0 Å². The molecule has 4 rings (SSSR count). The zero-order chi connectivity index (χ0) is 17.6. The third-order valence-electron chi connectivity index (χ3n) is 5.53. The predicted molar refractivity (Wildman–Crippen MR) is 106 cm³/mol. The third kappa shape index (κ3) is 2.99. The molecule has 0 bridgehead atoms. The minimum absolute atomic E-state index is 0.216. The maximum Gasteiger partial charge on any atom is 0.208 e. The summed E-state index contributed by atoms with van der Waals surface area (Å²) in [4.78, 5) is 2.60. The van der Waals surface area contributed by atoms with Crippen molar-refractivity contribution in [3.8, 4) is 0 Å². The largest absolute Gasteiger partial charge is 0.366 e. The van der Waals surface area contributed by atoms with E-state index in [1.165, 1.54) is 28.1 Å². The van der Waals surface area contributed by atoms with E-state index in [9.17, 15) is 0 Å². The Kier molecular flexibility index (Phi) is 3.94. The van der Waals surface area contributed by atoms with Crippen LogP contribution in [0.15, 0.2) is 42.6 Å². The number of benzene rings is 1. The molecule has 3 heterocycles. The van der Waals surface area contributed by atoms with Crippen molar-refractivity contribution in [3.05, 3.63) is 59.4 Å². The fraction of sp³-hybridized carbons (Fsp3) is 0.435. The van der Waals surface area contributed by atoms with Crippen LogP contribution >= 0.6 is 0 Å². The number of nitrogens with zero attached hydrogens (tertiary/aromatic N) is 2. The number of aromatic nitrogens is 1. The van der Waals surface area contributed by atoms with Gasteiger partial charge in [-0.15, -0.1) is 0 Å². The minimum Gasteiger partial charge on any atom is -0.366 e. The number of hydrogen-bond donors (Lipinski definition) is 0. The van der Waals surface area contributed by atoms with Crippen LogP contribution in [0, 0.1) is 5.92 Å². The second kappa shape index (κ2) is 6.01. The van der Waals surface area contributed by atoms with Crippen LogP contribution in [0.3, 0.4) is 0 Å². The summed E-state index contributed by atoms with van der Waals surface area (Å²) in [6, 6.07) is 13.5. The highest BCUT2D eigenvalue weighted by Crippen LogP contribution is 2.40. The second-order valence-corrected chi connectivity index (χ2v) is 8.58. The maximum atomic E-state index is 2.60. The van der Waals surface area contributed by atoms with Crippen LogP contribution < -0.4 is 9.47 Å². The van der Waals surface area contributed by atoms with Crippen LogP contribution in [0.4, 0.5) is 5.69 Å². The van der Waals surface area contributed by atoms with E-state index in [2.05, 4.69) is 85.8 Å². The Morgan fingerprint density at radius 1 is 1.20 bits per heavy atom. The summed E-state index contributed by atoms with van der Waals surface area (Å²) < 4.78 is 2.35. The maximum absolute atomic E-state index is 2.60. The fourth-order valence-corrected chi connectivity index (χ4v) is 4.38. The number of fused-ring (bicyclic) bond motifs is 2. The summed E-state index contributed by atoms with van der Waals surface area (Å²) in [6.07, 6.45) is 6.84. The predicted octanol–water partition coefficient (Wildman–Crippen LogP) is 4.72. The lowest BCUT2D eigenvalue weighted by atomic mass is 9.97. The number of aryl methyl sites for hydroxylation is 1. The van der Waals surface area contributed by atoms with E-state index in [1.807, 2.05) is 0 Å². The Morgan fingerprint density at radius 3 is 2.84 bits per heavy atom. The molecule has 2 heteroatoms. The molecule has 0 amide bonds. The van der Waals surface area contributed by atoms with Crippen LogP contribution in [-0.4, -0.2) is 12.1 Å². The lowest BCUT2D eigenvalue weighted by Gasteiger charge is -2.35. The van der Waals surface area contributed by atoms with Gasteiger partial charge in [-0.3, -0.25) is 0 Å². The Balaban J connectivity index is 1.67. The zero-order valence-electron chi connectivity index (χ0n) is 15.9. The lowest BCUT2D eigenvalue weighted by molar-refractivity contribution is -0.689. The molecule has 130 valence electrons. The normalized spacial score (nSPS) is 19.6. The molecular weight excluding hydrogens is 304 g/mol. The first-order chi connectivity index (χ1) is 11.9. The van der Waals surface area contributed by atoms with Gasteiger partial charge in [0.05, 0.1) is 0 Å². The van der Waals surface area contributed by atoms with Crippen LogP contribution in [-0.2, 0) is 13.0 Å². The SMILES string of the molecule is CC(C)CN1c2ccc(C=C3CC[n+]4ccccc43)cc2CC1(C)C. The summed E-state index contributed by atoms with van der Waals surface area (Å²) in [5, 5.41) is 0. The minimum atomic E-state index is 0.216. The van der Waals surface area contributed by atoms with Crippen LogP contribution in [0.25, 0.3) is 11.6 Å². The van der Waals surface area contributed by atoms with Crippen molar-refractivity contribution < 1.29 is 4.57 Å². The van der Waals surface area contributed by atoms with Crippen LogP contribution in [0.5, 0.6) is 0 Å². The van der Waals surface area contributed by atoms with E-state index in [0.717, 1.165) is 25.9 Å². The average Bonchev–Trinajstić information content (AvgIpc) is 3.06. The van der Waals surface area contributed by atoms with E-state index in [0.29, 0.717) is 5.92 Å². The van der Waals surface area contributed by atoms with E-state index in [4.69, 9.17) is 0 Å². The Bertz CT molecular complexity index is 830. The van der Waals surface area contributed by atoms with Gasteiger partial charge in [-0.05, 0) is 61.6 Å². The smallest absolute Gasteiger partial charge is 0.208 e. The van der Waals surface area contributed by atoms with Crippen molar-refractivity contribution in [2.24, 2.45) is 5.92 Å². The number of rotatable bonds is 3. The first-order valence-corrected chi connectivity index (χ1v) is 9.54. The number of hydrogen-bond acceptors (Lipinski definition) is 1. The van der Waals surface area contributed by atoms with Crippen LogP contribution in [0.1, 0.15) is 50.9 Å². The van der Waals surface area contributed by atoms with Gasteiger partial charge < -0.3 is 4.90 Å². The summed E-state index contributed by atoms with van der Waals surface area (Å²) >= 11 is 0. The zero-order valence-corrected chi connectivity index (χ0v) is 15.9. The first-order valence-electron chi connectivity index (χ1n) is 9.54. The standard InChI is InChI=1S/C23H29N2/c1-17(2)16-25-22-9-8-18(14-20(22)15-23(25,3)4)13-19-10-12-24-11-6-5-7-21(19)24/h5-9,11,13-14,17H,10,12,15-16H2,1-4H3/q+1.